The quantitative estimate of drug-likeness (QED) is 0.761. The Balaban J connectivity index is 1.68. The maximum Gasteiger partial charge on any atom is 0.265 e. The third-order valence-electron chi connectivity index (χ3n) is 4.76. The smallest absolute Gasteiger partial charge is 0.265 e. The van der Waals surface area contributed by atoms with Crippen LogP contribution in [0.5, 0.6) is 5.75 Å². The molecule has 1 aliphatic rings. The fourth-order valence-electron chi connectivity index (χ4n) is 2.80. The van der Waals surface area contributed by atoms with Crippen LogP contribution < -0.4 is 15.4 Å². The van der Waals surface area contributed by atoms with Gasteiger partial charge in [0.2, 0.25) is 5.91 Å². The molecule has 0 radical (unpaired) electrons. The van der Waals surface area contributed by atoms with Crippen LogP contribution in [0.3, 0.4) is 0 Å². The summed E-state index contributed by atoms with van der Waals surface area (Å²) in [6.45, 7) is 5.81. The van der Waals surface area contributed by atoms with Crippen LogP contribution in [0, 0.1) is 19.8 Å². The second-order valence-corrected chi connectivity index (χ2v) is 7.06. The molecule has 0 bridgehead atoms. The summed E-state index contributed by atoms with van der Waals surface area (Å²) in [5.41, 5.74) is 3.39. The number of hydrogen-bond donors (Lipinski definition) is 2. The molecule has 1 fully saturated rings. The maximum absolute atomic E-state index is 12.7. The van der Waals surface area contributed by atoms with E-state index in [1.54, 1.807) is 0 Å². The van der Waals surface area contributed by atoms with Crippen molar-refractivity contribution in [2.75, 3.05) is 10.6 Å². The molecule has 2 aromatic rings. The van der Waals surface area contributed by atoms with Crippen LogP contribution in [0.2, 0.25) is 0 Å². The molecule has 2 aromatic carbocycles. The molecule has 3 rings (SSSR count). The first-order chi connectivity index (χ1) is 13.0. The van der Waals surface area contributed by atoms with Gasteiger partial charge in [0, 0.05) is 17.3 Å². The van der Waals surface area contributed by atoms with E-state index in [1.165, 1.54) is 0 Å². The zero-order valence-corrected chi connectivity index (χ0v) is 16.0. The Bertz CT molecular complexity index is 826. The summed E-state index contributed by atoms with van der Waals surface area (Å²) >= 11 is 0. The van der Waals surface area contributed by atoms with Crippen molar-refractivity contribution >= 4 is 23.2 Å². The second kappa shape index (κ2) is 8.25. The lowest BCUT2D eigenvalue weighted by Gasteiger charge is -2.19. The Morgan fingerprint density at radius 2 is 1.67 bits per heavy atom. The third-order valence-corrected chi connectivity index (χ3v) is 4.76. The van der Waals surface area contributed by atoms with E-state index in [2.05, 4.69) is 10.6 Å². The molecule has 2 N–H and O–H groups in total. The Hall–Kier alpha value is -2.82. The van der Waals surface area contributed by atoms with Crippen molar-refractivity contribution in [1.29, 1.82) is 0 Å². The van der Waals surface area contributed by atoms with Gasteiger partial charge >= 0.3 is 0 Å². The molecule has 5 heteroatoms. The number of amides is 2. The molecule has 0 heterocycles. The summed E-state index contributed by atoms with van der Waals surface area (Å²) in [6, 6.07) is 13.2. The van der Waals surface area contributed by atoms with E-state index in [-0.39, 0.29) is 17.7 Å². The Labute approximate surface area is 160 Å². The summed E-state index contributed by atoms with van der Waals surface area (Å²) in [7, 11) is 0. The van der Waals surface area contributed by atoms with E-state index in [1.807, 2.05) is 63.2 Å². The summed E-state index contributed by atoms with van der Waals surface area (Å²) in [6.07, 6.45) is 1.87. The average molecular weight is 366 g/mol. The van der Waals surface area contributed by atoms with Gasteiger partial charge in [-0.15, -0.1) is 0 Å². The monoisotopic (exact) mass is 366 g/mol. The number of ether oxygens (including phenoxy) is 1. The first kappa shape index (κ1) is 19.0. The number of benzene rings is 2. The fourth-order valence-corrected chi connectivity index (χ4v) is 2.80. The van der Waals surface area contributed by atoms with Gasteiger partial charge in [-0.3, -0.25) is 9.59 Å². The Kier molecular flexibility index (Phi) is 5.79. The fraction of sp³-hybridized carbons (Fsp3) is 0.364. The van der Waals surface area contributed by atoms with Gasteiger partial charge in [-0.25, -0.2) is 0 Å². The molecular formula is C22H26N2O3. The lowest BCUT2D eigenvalue weighted by Crippen LogP contribution is -2.32. The van der Waals surface area contributed by atoms with Crippen molar-refractivity contribution in [3.05, 3.63) is 53.6 Å². The normalized spacial score (nSPS) is 14.3. The number of carbonyl (C=O) groups excluding carboxylic acids is 2. The number of aryl methyl sites for hydroxylation is 1. The lowest BCUT2D eigenvalue weighted by atomic mass is 10.1. The van der Waals surface area contributed by atoms with Crippen molar-refractivity contribution in [2.45, 2.75) is 46.1 Å². The molecule has 2 amide bonds. The molecule has 142 valence electrons. The van der Waals surface area contributed by atoms with E-state index in [0.29, 0.717) is 17.9 Å². The Morgan fingerprint density at radius 1 is 1.04 bits per heavy atom. The minimum atomic E-state index is -0.586. The van der Waals surface area contributed by atoms with Crippen molar-refractivity contribution in [3.8, 4) is 5.75 Å². The zero-order valence-electron chi connectivity index (χ0n) is 16.0. The molecule has 1 aliphatic carbocycles. The topological polar surface area (TPSA) is 67.4 Å². The highest BCUT2D eigenvalue weighted by Gasteiger charge is 2.30. The molecule has 0 aromatic heterocycles. The standard InChI is InChI=1S/C22H26N2O3/c1-4-20(27-17-12-8-14(2)9-13-17)22(26)24-19-7-5-6-18(15(19)3)23-21(25)16-10-11-16/h5-9,12-13,16,20H,4,10-11H2,1-3H3,(H,23,25)(H,24,26). The number of rotatable bonds is 7. The highest BCUT2D eigenvalue weighted by Crippen LogP contribution is 2.31. The van der Waals surface area contributed by atoms with Crippen molar-refractivity contribution in [1.82, 2.24) is 0 Å². The lowest BCUT2D eigenvalue weighted by molar-refractivity contribution is -0.122. The predicted molar refractivity (Wildman–Crippen MR) is 107 cm³/mol. The van der Waals surface area contributed by atoms with Crippen molar-refractivity contribution in [2.24, 2.45) is 5.92 Å². The predicted octanol–water partition coefficient (Wildman–Crippen LogP) is 4.45. The molecule has 0 spiro atoms. The SMILES string of the molecule is CCC(Oc1ccc(C)cc1)C(=O)Nc1cccc(NC(=O)C2CC2)c1C. The van der Waals surface area contributed by atoms with E-state index in [0.717, 1.165) is 29.7 Å². The van der Waals surface area contributed by atoms with Gasteiger partial charge in [0.25, 0.3) is 5.91 Å². The summed E-state index contributed by atoms with van der Waals surface area (Å²) in [4.78, 5) is 24.7. The summed E-state index contributed by atoms with van der Waals surface area (Å²) < 4.78 is 5.85. The van der Waals surface area contributed by atoms with E-state index < -0.39 is 6.10 Å². The second-order valence-electron chi connectivity index (χ2n) is 7.06. The van der Waals surface area contributed by atoms with Crippen LogP contribution in [0.4, 0.5) is 11.4 Å². The van der Waals surface area contributed by atoms with Crippen molar-refractivity contribution in [3.63, 3.8) is 0 Å². The zero-order chi connectivity index (χ0) is 19.4. The van der Waals surface area contributed by atoms with E-state index in [9.17, 15) is 9.59 Å². The van der Waals surface area contributed by atoms with Crippen LogP contribution in [0.15, 0.2) is 42.5 Å². The molecule has 1 atom stereocenters. The minimum Gasteiger partial charge on any atom is -0.481 e. The summed E-state index contributed by atoms with van der Waals surface area (Å²) in [5, 5.41) is 5.89. The molecular weight excluding hydrogens is 340 g/mol. The van der Waals surface area contributed by atoms with Gasteiger partial charge in [-0.1, -0.05) is 30.7 Å². The van der Waals surface area contributed by atoms with Gasteiger partial charge in [0.1, 0.15) is 5.75 Å². The highest BCUT2D eigenvalue weighted by atomic mass is 16.5. The molecule has 27 heavy (non-hydrogen) atoms. The number of hydrogen-bond acceptors (Lipinski definition) is 3. The largest absolute Gasteiger partial charge is 0.481 e. The average Bonchev–Trinajstić information content (AvgIpc) is 3.49. The van der Waals surface area contributed by atoms with Gasteiger partial charge in [0.15, 0.2) is 6.10 Å². The number of nitrogens with one attached hydrogen (secondary N) is 2. The third kappa shape index (κ3) is 4.88. The van der Waals surface area contributed by atoms with Crippen LogP contribution in [-0.4, -0.2) is 17.9 Å². The van der Waals surface area contributed by atoms with Crippen LogP contribution in [-0.2, 0) is 9.59 Å². The van der Waals surface area contributed by atoms with E-state index in [4.69, 9.17) is 4.74 Å². The molecule has 5 nitrogen and oxygen atoms in total. The number of anilines is 2. The summed E-state index contributed by atoms with van der Waals surface area (Å²) in [5.74, 6) is 0.655. The maximum atomic E-state index is 12.7. The minimum absolute atomic E-state index is 0.0516. The van der Waals surface area contributed by atoms with Gasteiger partial charge in [0.05, 0.1) is 0 Å². The molecule has 1 unspecified atom stereocenters. The Morgan fingerprint density at radius 3 is 2.26 bits per heavy atom. The van der Waals surface area contributed by atoms with Crippen LogP contribution in [0.1, 0.15) is 37.3 Å². The molecule has 0 aliphatic heterocycles. The highest BCUT2D eigenvalue weighted by molar-refractivity contribution is 5.98. The van der Waals surface area contributed by atoms with Gasteiger partial charge in [-0.2, -0.15) is 0 Å². The van der Waals surface area contributed by atoms with Crippen LogP contribution in [0.25, 0.3) is 0 Å². The first-order valence-corrected chi connectivity index (χ1v) is 9.42. The first-order valence-electron chi connectivity index (χ1n) is 9.42. The van der Waals surface area contributed by atoms with Crippen molar-refractivity contribution < 1.29 is 14.3 Å². The van der Waals surface area contributed by atoms with Gasteiger partial charge < -0.3 is 15.4 Å². The van der Waals surface area contributed by atoms with Gasteiger partial charge in [-0.05, 0) is 62.9 Å². The molecule has 0 saturated heterocycles. The van der Waals surface area contributed by atoms with Crippen LogP contribution >= 0.6 is 0 Å². The number of carbonyl (C=O) groups is 2. The molecule has 1 saturated carbocycles. The van der Waals surface area contributed by atoms with E-state index >= 15 is 0 Å².